The van der Waals surface area contributed by atoms with Crippen LogP contribution < -0.4 is 0 Å². The lowest BCUT2D eigenvalue weighted by Gasteiger charge is -2.32. The van der Waals surface area contributed by atoms with E-state index in [2.05, 4.69) is 38.1 Å². The number of hydrogen-bond acceptors (Lipinski definition) is 3. The zero-order valence-electron chi connectivity index (χ0n) is 14.2. The van der Waals surface area contributed by atoms with Gasteiger partial charge in [0.2, 0.25) is 0 Å². The molecule has 1 aliphatic rings. The van der Waals surface area contributed by atoms with Gasteiger partial charge in [-0.1, -0.05) is 34.1 Å². The van der Waals surface area contributed by atoms with Crippen LogP contribution in [0, 0.1) is 5.82 Å². The van der Waals surface area contributed by atoms with E-state index in [1.54, 1.807) is 10.7 Å². The van der Waals surface area contributed by atoms with Crippen molar-refractivity contribution in [1.82, 2.24) is 14.7 Å². The van der Waals surface area contributed by atoms with E-state index in [0.717, 1.165) is 35.5 Å². The first-order chi connectivity index (χ1) is 12.7. The Hall–Kier alpha value is -2.02. The van der Waals surface area contributed by atoms with Gasteiger partial charge in [-0.2, -0.15) is 5.10 Å². The van der Waals surface area contributed by atoms with Gasteiger partial charge < -0.3 is 4.74 Å². The molecule has 0 bridgehead atoms. The second kappa shape index (κ2) is 7.70. The van der Waals surface area contributed by atoms with E-state index in [1.165, 1.54) is 17.7 Å². The van der Waals surface area contributed by atoms with Crippen LogP contribution in [0.2, 0.25) is 0 Å². The average Bonchev–Trinajstić information content (AvgIpc) is 3.11. The number of ether oxygens (including phenoxy) is 1. The number of aromatic nitrogens is 2. The Balaban J connectivity index is 1.43. The summed E-state index contributed by atoms with van der Waals surface area (Å²) >= 11 is 3.47. The molecule has 0 radical (unpaired) electrons. The molecule has 26 heavy (non-hydrogen) atoms. The number of rotatable bonds is 4. The highest BCUT2D eigenvalue weighted by atomic mass is 79.9. The number of nitrogens with zero attached hydrogens (tertiary/aromatic N) is 3. The summed E-state index contributed by atoms with van der Waals surface area (Å²) in [4.78, 5) is 2.34. The van der Waals surface area contributed by atoms with Crippen LogP contribution in [0.25, 0.3) is 5.69 Å². The molecule has 2 aromatic carbocycles. The van der Waals surface area contributed by atoms with Gasteiger partial charge in [0.1, 0.15) is 5.82 Å². The van der Waals surface area contributed by atoms with Crippen molar-refractivity contribution >= 4 is 15.9 Å². The Labute approximate surface area is 160 Å². The molecule has 1 aliphatic heterocycles. The number of morpholine rings is 1. The molecule has 1 fully saturated rings. The summed E-state index contributed by atoms with van der Waals surface area (Å²) in [6, 6.07) is 16.7. The average molecular weight is 416 g/mol. The molecular formula is C20H19BrFN3O. The minimum absolute atomic E-state index is 0.0714. The summed E-state index contributed by atoms with van der Waals surface area (Å²) in [7, 11) is 0. The quantitative estimate of drug-likeness (QED) is 0.634. The van der Waals surface area contributed by atoms with Crippen molar-refractivity contribution in [2.75, 3.05) is 19.7 Å². The second-order valence-corrected chi connectivity index (χ2v) is 7.29. The SMILES string of the molecule is Fc1cccc(-n2ccc(CN3CCOC(c4ccc(Br)cc4)C3)n2)c1. The van der Waals surface area contributed by atoms with E-state index in [-0.39, 0.29) is 11.9 Å². The van der Waals surface area contributed by atoms with Crippen LogP contribution in [0.5, 0.6) is 0 Å². The van der Waals surface area contributed by atoms with Gasteiger partial charge in [0.15, 0.2) is 0 Å². The van der Waals surface area contributed by atoms with Gasteiger partial charge in [-0.3, -0.25) is 4.90 Å². The largest absolute Gasteiger partial charge is 0.371 e. The summed E-state index contributed by atoms with van der Waals surface area (Å²) in [5.41, 5.74) is 2.87. The molecule has 3 aromatic rings. The summed E-state index contributed by atoms with van der Waals surface area (Å²) in [6.45, 7) is 3.15. The Bertz CT molecular complexity index is 881. The van der Waals surface area contributed by atoms with E-state index in [0.29, 0.717) is 6.61 Å². The predicted molar refractivity (Wildman–Crippen MR) is 102 cm³/mol. The molecule has 1 aromatic heterocycles. The fraction of sp³-hybridized carbons (Fsp3) is 0.250. The smallest absolute Gasteiger partial charge is 0.125 e. The zero-order chi connectivity index (χ0) is 17.9. The standard InChI is InChI=1S/C20H19BrFN3O/c21-16-6-4-15(5-7-16)20-14-24(10-11-26-20)13-18-8-9-25(23-18)19-3-1-2-17(22)12-19/h1-9,12,20H,10-11,13-14H2. The topological polar surface area (TPSA) is 30.3 Å². The van der Waals surface area contributed by atoms with Gasteiger partial charge in [0.05, 0.1) is 24.1 Å². The summed E-state index contributed by atoms with van der Waals surface area (Å²) in [5, 5.41) is 4.59. The van der Waals surface area contributed by atoms with Crippen molar-refractivity contribution < 1.29 is 9.13 Å². The molecule has 1 unspecified atom stereocenters. The fourth-order valence-electron chi connectivity index (χ4n) is 3.16. The van der Waals surface area contributed by atoms with E-state index in [1.807, 2.05) is 30.5 Å². The summed E-state index contributed by atoms with van der Waals surface area (Å²) in [5.74, 6) is -0.259. The molecule has 4 rings (SSSR count). The van der Waals surface area contributed by atoms with E-state index in [4.69, 9.17) is 4.74 Å². The first-order valence-electron chi connectivity index (χ1n) is 8.57. The molecule has 4 nitrogen and oxygen atoms in total. The number of halogens is 2. The maximum atomic E-state index is 13.4. The molecule has 0 aliphatic carbocycles. The molecule has 0 saturated carbocycles. The second-order valence-electron chi connectivity index (χ2n) is 6.38. The van der Waals surface area contributed by atoms with Gasteiger partial charge in [-0.05, 0) is 42.0 Å². The molecule has 6 heteroatoms. The lowest BCUT2D eigenvalue weighted by atomic mass is 10.1. The van der Waals surface area contributed by atoms with Crippen LogP contribution in [0.1, 0.15) is 17.4 Å². The molecule has 0 N–H and O–H groups in total. The van der Waals surface area contributed by atoms with Gasteiger partial charge in [0.25, 0.3) is 0 Å². The third kappa shape index (κ3) is 4.03. The number of hydrogen-bond donors (Lipinski definition) is 0. The van der Waals surface area contributed by atoms with Crippen molar-refractivity contribution in [3.63, 3.8) is 0 Å². The van der Waals surface area contributed by atoms with Crippen LogP contribution in [0.15, 0.2) is 65.3 Å². The van der Waals surface area contributed by atoms with Gasteiger partial charge in [-0.25, -0.2) is 9.07 Å². The van der Waals surface area contributed by atoms with Crippen molar-refractivity contribution in [3.8, 4) is 5.69 Å². The molecular weight excluding hydrogens is 397 g/mol. The predicted octanol–water partition coefficient (Wildman–Crippen LogP) is 4.35. The van der Waals surface area contributed by atoms with Crippen LogP contribution >= 0.6 is 15.9 Å². The minimum Gasteiger partial charge on any atom is -0.371 e. The maximum absolute atomic E-state index is 13.4. The van der Waals surface area contributed by atoms with E-state index < -0.39 is 0 Å². The van der Waals surface area contributed by atoms with Crippen molar-refractivity contribution in [2.45, 2.75) is 12.6 Å². The van der Waals surface area contributed by atoms with Crippen LogP contribution in [-0.4, -0.2) is 34.4 Å². The van der Waals surface area contributed by atoms with E-state index in [9.17, 15) is 4.39 Å². The Morgan fingerprint density at radius 1 is 1.15 bits per heavy atom. The van der Waals surface area contributed by atoms with Crippen LogP contribution in [0.4, 0.5) is 4.39 Å². The lowest BCUT2D eigenvalue weighted by molar-refractivity contribution is -0.0333. The first-order valence-corrected chi connectivity index (χ1v) is 9.36. The monoisotopic (exact) mass is 415 g/mol. The lowest BCUT2D eigenvalue weighted by Crippen LogP contribution is -2.37. The van der Waals surface area contributed by atoms with Crippen molar-refractivity contribution in [3.05, 3.63) is 82.3 Å². The Morgan fingerprint density at radius 2 is 2.00 bits per heavy atom. The third-order valence-corrected chi connectivity index (χ3v) is 5.02. The van der Waals surface area contributed by atoms with Gasteiger partial charge >= 0.3 is 0 Å². The summed E-state index contributed by atoms with van der Waals surface area (Å²) in [6.07, 6.45) is 1.94. The normalized spacial score (nSPS) is 18.2. The molecule has 1 saturated heterocycles. The highest BCUT2D eigenvalue weighted by Crippen LogP contribution is 2.24. The van der Waals surface area contributed by atoms with E-state index >= 15 is 0 Å². The molecule has 0 spiro atoms. The van der Waals surface area contributed by atoms with Gasteiger partial charge in [0, 0.05) is 30.3 Å². The summed E-state index contributed by atoms with van der Waals surface area (Å²) < 4.78 is 22.1. The van der Waals surface area contributed by atoms with Crippen molar-refractivity contribution in [2.24, 2.45) is 0 Å². The Kier molecular flexibility index (Phi) is 5.15. The molecule has 1 atom stereocenters. The van der Waals surface area contributed by atoms with Crippen molar-refractivity contribution in [1.29, 1.82) is 0 Å². The zero-order valence-corrected chi connectivity index (χ0v) is 15.8. The fourth-order valence-corrected chi connectivity index (χ4v) is 3.43. The first kappa shape index (κ1) is 17.4. The minimum atomic E-state index is -0.259. The number of benzene rings is 2. The van der Waals surface area contributed by atoms with Gasteiger partial charge in [-0.15, -0.1) is 0 Å². The van der Waals surface area contributed by atoms with Crippen LogP contribution in [-0.2, 0) is 11.3 Å². The highest BCUT2D eigenvalue weighted by molar-refractivity contribution is 9.10. The Morgan fingerprint density at radius 3 is 2.81 bits per heavy atom. The third-order valence-electron chi connectivity index (χ3n) is 4.50. The van der Waals surface area contributed by atoms with Crippen LogP contribution in [0.3, 0.4) is 0 Å². The highest BCUT2D eigenvalue weighted by Gasteiger charge is 2.22. The molecule has 2 heterocycles. The maximum Gasteiger partial charge on any atom is 0.125 e. The molecule has 134 valence electrons. The molecule has 0 amide bonds.